The highest BCUT2D eigenvalue weighted by molar-refractivity contribution is 7.07. The Morgan fingerprint density at radius 2 is 2.36 bits per heavy atom. The van der Waals surface area contributed by atoms with Gasteiger partial charge in [0.15, 0.2) is 5.15 Å². The maximum absolute atomic E-state index is 5.87. The van der Waals surface area contributed by atoms with E-state index < -0.39 is 0 Å². The third-order valence-electron chi connectivity index (χ3n) is 1.70. The summed E-state index contributed by atoms with van der Waals surface area (Å²) in [5, 5.41) is 5.65. The standard InChI is InChI=1S/C9H8ClN3S/c10-9-8(2-1-3-11-9)12-4-7-5-14-6-13-7/h1-3,5-6,12H,4H2. The van der Waals surface area contributed by atoms with Crippen LogP contribution in [0.4, 0.5) is 5.69 Å². The molecule has 14 heavy (non-hydrogen) atoms. The second-order valence-electron chi connectivity index (χ2n) is 2.68. The van der Waals surface area contributed by atoms with Gasteiger partial charge in [0, 0.05) is 11.6 Å². The number of hydrogen-bond acceptors (Lipinski definition) is 4. The van der Waals surface area contributed by atoms with E-state index in [0.717, 1.165) is 11.4 Å². The smallest absolute Gasteiger partial charge is 0.152 e. The summed E-state index contributed by atoms with van der Waals surface area (Å²) in [5.41, 5.74) is 3.65. The van der Waals surface area contributed by atoms with Gasteiger partial charge in [0.05, 0.1) is 23.4 Å². The molecule has 0 aliphatic rings. The minimum atomic E-state index is 0.489. The SMILES string of the molecule is Clc1ncccc1NCc1cscn1. The molecule has 0 unspecified atom stereocenters. The summed E-state index contributed by atoms with van der Waals surface area (Å²) >= 11 is 7.45. The third kappa shape index (κ3) is 2.21. The lowest BCUT2D eigenvalue weighted by molar-refractivity contribution is 1.07. The fourth-order valence-electron chi connectivity index (χ4n) is 1.03. The van der Waals surface area contributed by atoms with Crippen LogP contribution in [-0.2, 0) is 6.54 Å². The van der Waals surface area contributed by atoms with Crippen LogP contribution in [0.2, 0.25) is 5.15 Å². The van der Waals surface area contributed by atoms with Crippen molar-refractivity contribution in [2.45, 2.75) is 6.54 Å². The molecule has 0 atom stereocenters. The highest BCUT2D eigenvalue weighted by Crippen LogP contribution is 2.18. The quantitative estimate of drug-likeness (QED) is 0.817. The van der Waals surface area contributed by atoms with Gasteiger partial charge in [-0.1, -0.05) is 11.6 Å². The zero-order valence-corrected chi connectivity index (χ0v) is 8.85. The van der Waals surface area contributed by atoms with Crippen molar-refractivity contribution in [1.82, 2.24) is 9.97 Å². The lowest BCUT2D eigenvalue weighted by Crippen LogP contribution is -2.00. The molecule has 0 radical (unpaired) electrons. The highest BCUT2D eigenvalue weighted by Gasteiger charge is 1.99. The van der Waals surface area contributed by atoms with E-state index in [4.69, 9.17) is 11.6 Å². The molecule has 2 aromatic rings. The number of nitrogens with zero attached hydrogens (tertiary/aromatic N) is 2. The molecule has 0 bridgehead atoms. The molecule has 0 aromatic carbocycles. The van der Waals surface area contributed by atoms with Crippen molar-refractivity contribution in [3.8, 4) is 0 Å². The lowest BCUT2D eigenvalue weighted by atomic mass is 10.4. The number of pyridine rings is 1. The van der Waals surface area contributed by atoms with Gasteiger partial charge in [-0.25, -0.2) is 9.97 Å². The normalized spacial score (nSPS) is 10.1. The van der Waals surface area contributed by atoms with E-state index in [2.05, 4.69) is 15.3 Å². The Bertz CT molecular complexity index is 402. The van der Waals surface area contributed by atoms with Crippen LogP contribution in [0.25, 0.3) is 0 Å². The molecule has 0 saturated carbocycles. The van der Waals surface area contributed by atoms with Crippen LogP contribution in [0.5, 0.6) is 0 Å². The van der Waals surface area contributed by atoms with Crippen molar-refractivity contribution in [2.75, 3.05) is 5.32 Å². The van der Waals surface area contributed by atoms with E-state index >= 15 is 0 Å². The van der Waals surface area contributed by atoms with Crippen molar-refractivity contribution in [3.05, 3.63) is 40.1 Å². The Hall–Kier alpha value is -1.13. The zero-order valence-electron chi connectivity index (χ0n) is 7.27. The van der Waals surface area contributed by atoms with E-state index in [1.807, 2.05) is 23.0 Å². The van der Waals surface area contributed by atoms with E-state index in [1.165, 1.54) is 0 Å². The molecule has 3 nitrogen and oxygen atoms in total. The van der Waals surface area contributed by atoms with Gasteiger partial charge in [-0.3, -0.25) is 0 Å². The Morgan fingerprint density at radius 3 is 3.07 bits per heavy atom. The minimum absolute atomic E-state index is 0.489. The average molecular weight is 226 g/mol. The van der Waals surface area contributed by atoms with E-state index in [-0.39, 0.29) is 0 Å². The molecule has 0 aliphatic carbocycles. The molecule has 1 N–H and O–H groups in total. The molecule has 0 spiro atoms. The summed E-state index contributed by atoms with van der Waals surface area (Å²) < 4.78 is 0. The highest BCUT2D eigenvalue weighted by atomic mass is 35.5. The molecule has 2 aromatic heterocycles. The Morgan fingerprint density at radius 1 is 1.43 bits per heavy atom. The van der Waals surface area contributed by atoms with Gasteiger partial charge in [-0.2, -0.15) is 0 Å². The van der Waals surface area contributed by atoms with Gasteiger partial charge in [-0.05, 0) is 12.1 Å². The average Bonchev–Trinajstić information content (AvgIpc) is 2.69. The Balaban J connectivity index is 2.02. The van der Waals surface area contributed by atoms with Crippen molar-refractivity contribution in [1.29, 1.82) is 0 Å². The topological polar surface area (TPSA) is 37.8 Å². The summed E-state index contributed by atoms with van der Waals surface area (Å²) in [5.74, 6) is 0. The first-order valence-electron chi connectivity index (χ1n) is 4.08. The number of aromatic nitrogens is 2. The molecule has 0 fully saturated rings. The molecular weight excluding hydrogens is 218 g/mol. The number of thiazole rings is 1. The van der Waals surface area contributed by atoms with Crippen LogP contribution in [-0.4, -0.2) is 9.97 Å². The first-order chi connectivity index (χ1) is 6.86. The van der Waals surface area contributed by atoms with Crippen molar-refractivity contribution >= 4 is 28.6 Å². The van der Waals surface area contributed by atoms with E-state index in [9.17, 15) is 0 Å². The first kappa shape index (κ1) is 9.43. The van der Waals surface area contributed by atoms with Gasteiger partial charge >= 0.3 is 0 Å². The van der Waals surface area contributed by atoms with Crippen molar-refractivity contribution in [2.24, 2.45) is 0 Å². The van der Waals surface area contributed by atoms with Crippen LogP contribution in [0, 0.1) is 0 Å². The summed E-state index contributed by atoms with van der Waals surface area (Å²) in [4.78, 5) is 8.12. The van der Waals surface area contributed by atoms with Crippen molar-refractivity contribution < 1.29 is 0 Å². The fraction of sp³-hybridized carbons (Fsp3) is 0.111. The molecule has 0 aliphatic heterocycles. The first-order valence-corrected chi connectivity index (χ1v) is 5.40. The van der Waals surface area contributed by atoms with Gasteiger partial charge in [0.25, 0.3) is 0 Å². The molecule has 2 heterocycles. The zero-order chi connectivity index (χ0) is 9.80. The molecular formula is C9H8ClN3S. The minimum Gasteiger partial charge on any atom is -0.377 e. The van der Waals surface area contributed by atoms with Crippen LogP contribution in [0.1, 0.15) is 5.69 Å². The van der Waals surface area contributed by atoms with E-state index in [1.54, 1.807) is 17.5 Å². The fourth-order valence-corrected chi connectivity index (χ4v) is 1.77. The van der Waals surface area contributed by atoms with Crippen LogP contribution in [0.15, 0.2) is 29.2 Å². The molecule has 72 valence electrons. The van der Waals surface area contributed by atoms with Crippen molar-refractivity contribution in [3.63, 3.8) is 0 Å². The van der Waals surface area contributed by atoms with E-state index in [0.29, 0.717) is 11.7 Å². The van der Waals surface area contributed by atoms with Gasteiger partial charge in [0.1, 0.15) is 0 Å². The maximum atomic E-state index is 5.87. The summed E-state index contributed by atoms with van der Waals surface area (Å²) in [6.07, 6.45) is 1.66. The number of halogens is 1. The predicted molar refractivity (Wildman–Crippen MR) is 58.7 cm³/mol. The molecule has 0 saturated heterocycles. The summed E-state index contributed by atoms with van der Waals surface area (Å²) in [6.45, 7) is 0.676. The monoisotopic (exact) mass is 225 g/mol. The van der Waals surface area contributed by atoms with Crippen LogP contribution in [0.3, 0.4) is 0 Å². The Kier molecular flexibility index (Phi) is 2.96. The number of rotatable bonds is 3. The molecule has 0 amide bonds. The van der Waals surface area contributed by atoms with Gasteiger partial charge < -0.3 is 5.32 Å². The van der Waals surface area contributed by atoms with Crippen LogP contribution >= 0.6 is 22.9 Å². The molecule has 5 heteroatoms. The predicted octanol–water partition coefficient (Wildman–Crippen LogP) is 2.80. The molecule has 2 rings (SSSR count). The second-order valence-corrected chi connectivity index (χ2v) is 3.75. The second kappa shape index (κ2) is 4.39. The largest absolute Gasteiger partial charge is 0.377 e. The number of hydrogen-bond donors (Lipinski definition) is 1. The summed E-state index contributed by atoms with van der Waals surface area (Å²) in [6, 6.07) is 3.73. The Labute approximate surface area is 90.8 Å². The summed E-state index contributed by atoms with van der Waals surface area (Å²) in [7, 11) is 0. The number of nitrogens with one attached hydrogen (secondary N) is 1. The third-order valence-corrected chi connectivity index (χ3v) is 2.64. The van der Waals surface area contributed by atoms with Gasteiger partial charge in [0.2, 0.25) is 0 Å². The van der Waals surface area contributed by atoms with Gasteiger partial charge in [-0.15, -0.1) is 11.3 Å². The van der Waals surface area contributed by atoms with Crippen LogP contribution < -0.4 is 5.32 Å². The lowest BCUT2D eigenvalue weighted by Gasteiger charge is -2.04. The maximum Gasteiger partial charge on any atom is 0.152 e. The number of anilines is 1.